The van der Waals surface area contributed by atoms with E-state index in [0.717, 1.165) is 11.5 Å². The van der Waals surface area contributed by atoms with Crippen LogP contribution in [0.3, 0.4) is 0 Å². The Morgan fingerprint density at radius 1 is 1.78 bits per heavy atom. The molecule has 0 aliphatic heterocycles. The molecule has 0 spiro atoms. The fourth-order valence-electron chi connectivity index (χ4n) is 0.796. The van der Waals surface area contributed by atoms with Gasteiger partial charge in [0.2, 0.25) is 0 Å². The van der Waals surface area contributed by atoms with E-state index in [1.165, 1.54) is 0 Å². The minimum absolute atomic E-state index is 0.0822. The largest absolute Gasteiger partial charge is 0.0847 e. The van der Waals surface area contributed by atoms with Crippen LogP contribution in [-0.2, 0) is 0 Å². The fraction of sp³-hybridized carbons (Fsp3) is 0.429. The van der Waals surface area contributed by atoms with E-state index in [-0.39, 0.29) is 4.32 Å². The van der Waals surface area contributed by atoms with E-state index in [4.69, 9.17) is 11.6 Å². The van der Waals surface area contributed by atoms with Gasteiger partial charge in [-0.1, -0.05) is 33.6 Å². The summed E-state index contributed by atoms with van der Waals surface area (Å²) in [5, 5.41) is 0.820. The lowest BCUT2D eigenvalue weighted by Crippen LogP contribution is -2.12. The molecule has 50 valence electrons. The SMILES string of the molecule is CC1(Br)C=C(Cl)C=CC1. The molecule has 1 aliphatic rings. The second-order valence-electron chi connectivity index (χ2n) is 2.41. The highest BCUT2D eigenvalue weighted by atomic mass is 79.9. The van der Waals surface area contributed by atoms with Crippen LogP contribution in [0.2, 0.25) is 0 Å². The van der Waals surface area contributed by atoms with Crippen molar-refractivity contribution in [3.63, 3.8) is 0 Å². The summed E-state index contributed by atoms with van der Waals surface area (Å²) in [6.45, 7) is 2.10. The van der Waals surface area contributed by atoms with E-state index >= 15 is 0 Å². The molecule has 0 bridgehead atoms. The van der Waals surface area contributed by atoms with Crippen LogP contribution in [0.25, 0.3) is 0 Å². The highest BCUT2D eigenvalue weighted by molar-refractivity contribution is 9.10. The molecule has 1 rings (SSSR count). The fourth-order valence-corrected chi connectivity index (χ4v) is 1.69. The Morgan fingerprint density at radius 2 is 2.44 bits per heavy atom. The molecule has 2 heteroatoms. The summed E-state index contributed by atoms with van der Waals surface area (Å²) >= 11 is 9.27. The van der Waals surface area contributed by atoms with Crippen molar-refractivity contribution in [1.82, 2.24) is 0 Å². The quantitative estimate of drug-likeness (QED) is 0.535. The predicted molar refractivity (Wildman–Crippen MR) is 45.0 cm³/mol. The predicted octanol–water partition coefficient (Wildman–Crippen LogP) is 3.22. The molecule has 0 heterocycles. The molecule has 0 aromatic heterocycles. The molecule has 0 amide bonds. The number of hydrogen-bond acceptors (Lipinski definition) is 0. The van der Waals surface area contributed by atoms with Crippen molar-refractivity contribution in [3.05, 3.63) is 23.3 Å². The maximum absolute atomic E-state index is 5.75. The van der Waals surface area contributed by atoms with Gasteiger partial charge in [-0.25, -0.2) is 0 Å². The third-order valence-electron chi connectivity index (χ3n) is 1.23. The molecule has 9 heavy (non-hydrogen) atoms. The van der Waals surface area contributed by atoms with Gasteiger partial charge in [0.05, 0.1) is 0 Å². The van der Waals surface area contributed by atoms with Gasteiger partial charge in [-0.2, -0.15) is 0 Å². The highest BCUT2D eigenvalue weighted by Gasteiger charge is 2.17. The first-order valence-corrected chi connectivity index (χ1v) is 4.01. The normalized spacial score (nSPS) is 34.3. The Balaban J connectivity index is 2.78. The molecule has 0 radical (unpaired) electrons. The highest BCUT2D eigenvalue weighted by Crippen LogP contribution is 2.30. The summed E-state index contributed by atoms with van der Waals surface area (Å²) in [6.07, 6.45) is 7.01. The summed E-state index contributed by atoms with van der Waals surface area (Å²) in [4.78, 5) is 0. The molecule has 1 aliphatic carbocycles. The third-order valence-corrected chi connectivity index (χ3v) is 2.02. The number of rotatable bonds is 0. The molecule has 0 N–H and O–H groups in total. The molecule has 0 aromatic carbocycles. The molecule has 0 nitrogen and oxygen atoms in total. The Hall–Kier alpha value is 0.250. The van der Waals surface area contributed by atoms with Crippen LogP contribution >= 0.6 is 27.5 Å². The molecule has 0 fully saturated rings. The van der Waals surface area contributed by atoms with Crippen LogP contribution in [0, 0.1) is 0 Å². The van der Waals surface area contributed by atoms with Crippen molar-refractivity contribution in [2.24, 2.45) is 0 Å². The van der Waals surface area contributed by atoms with E-state index in [0.29, 0.717) is 0 Å². The van der Waals surface area contributed by atoms with E-state index in [2.05, 4.69) is 28.9 Å². The van der Waals surface area contributed by atoms with Gasteiger partial charge in [0.15, 0.2) is 0 Å². The molecule has 0 saturated carbocycles. The lowest BCUT2D eigenvalue weighted by molar-refractivity contribution is 0.813. The lowest BCUT2D eigenvalue weighted by Gasteiger charge is -2.18. The Kier molecular flexibility index (Phi) is 2.02. The van der Waals surface area contributed by atoms with Crippen LogP contribution in [0.15, 0.2) is 23.3 Å². The maximum atomic E-state index is 5.75. The van der Waals surface area contributed by atoms with E-state index in [1.807, 2.05) is 12.2 Å². The zero-order valence-corrected chi connectivity index (χ0v) is 7.54. The van der Waals surface area contributed by atoms with Gasteiger partial charge in [0.1, 0.15) is 0 Å². The van der Waals surface area contributed by atoms with E-state index < -0.39 is 0 Å². The average Bonchev–Trinajstić information content (AvgIpc) is 1.60. The average molecular weight is 207 g/mol. The topological polar surface area (TPSA) is 0 Å². The zero-order chi connectivity index (χ0) is 6.91. The summed E-state index contributed by atoms with van der Waals surface area (Å²) in [6, 6.07) is 0. The minimum atomic E-state index is 0.0822. The van der Waals surface area contributed by atoms with Crippen LogP contribution in [-0.4, -0.2) is 4.32 Å². The van der Waals surface area contributed by atoms with Gasteiger partial charge >= 0.3 is 0 Å². The number of alkyl halides is 1. The van der Waals surface area contributed by atoms with Gasteiger partial charge in [0.25, 0.3) is 0 Å². The van der Waals surface area contributed by atoms with Crippen molar-refractivity contribution in [2.45, 2.75) is 17.7 Å². The first-order chi connectivity index (χ1) is 4.10. The molecule has 1 atom stereocenters. The number of hydrogen-bond donors (Lipinski definition) is 0. The van der Waals surface area contributed by atoms with Crippen molar-refractivity contribution >= 4 is 27.5 Å². The minimum Gasteiger partial charge on any atom is -0.0847 e. The second kappa shape index (κ2) is 2.47. The number of halogens is 2. The van der Waals surface area contributed by atoms with E-state index in [1.54, 1.807) is 0 Å². The van der Waals surface area contributed by atoms with E-state index in [9.17, 15) is 0 Å². The van der Waals surface area contributed by atoms with Gasteiger partial charge in [-0.15, -0.1) is 0 Å². The summed E-state index contributed by atoms with van der Waals surface area (Å²) in [7, 11) is 0. The molecular weight excluding hydrogens is 199 g/mol. The first-order valence-electron chi connectivity index (χ1n) is 2.84. The Morgan fingerprint density at radius 3 is 2.78 bits per heavy atom. The maximum Gasteiger partial charge on any atom is 0.0460 e. The van der Waals surface area contributed by atoms with Crippen LogP contribution in [0.4, 0.5) is 0 Å². The van der Waals surface area contributed by atoms with Gasteiger partial charge in [-0.05, 0) is 25.5 Å². The second-order valence-corrected chi connectivity index (χ2v) is 4.66. The summed E-state index contributed by atoms with van der Waals surface area (Å²) in [5.74, 6) is 0. The standard InChI is InChI=1S/C7H8BrCl/c1-7(8)4-2-3-6(9)5-7/h2-3,5H,4H2,1H3. The first kappa shape index (κ1) is 7.36. The molecule has 0 saturated heterocycles. The monoisotopic (exact) mass is 206 g/mol. The Bertz CT molecular complexity index is 168. The molecular formula is C7H8BrCl. The van der Waals surface area contributed by atoms with Gasteiger partial charge < -0.3 is 0 Å². The number of allylic oxidation sites excluding steroid dienone is 4. The van der Waals surface area contributed by atoms with Gasteiger partial charge in [-0.3, -0.25) is 0 Å². The molecule has 1 unspecified atom stereocenters. The van der Waals surface area contributed by atoms with Crippen molar-refractivity contribution in [1.29, 1.82) is 0 Å². The van der Waals surface area contributed by atoms with Crippen LogP contribution in [0.1, 0.15) is 13.3 Å². The van der Waals surface area contributed by atoms with Crippen molar-refractivity contribution < 1.29 is 0 Å². The van der Waals surface area contributed by atoms with Gasteiger partial charge in [0, 0.05) is 9.36 Å². The molecule has 0 aromatic rings. The van der Waals surface area contributed by atoms with Crippen LogP contribution < -0.4 is 0 Å². The summed E-state index contributed by atoms with van der Waals surface area (Å²) in [5.41, 5.74) is 0. The Labute approximate surface area is 68.7 Å². The smallest absolute Gasteiger partial charge is 0.0460 e. The lowest BCUT2D eigenvalue weighted by atomic mass is 10.0. The summed E-state index contributed by atoms with van der Waals surface area (Å²) < 4.78 is 0.0822. The van der Waals surface area contributed by atoms with Crippen molar-refractivity contribution in [2.75, 3.05) is 0 Å². The zero-order valence-electron chi connectivity index (χ0n) is 5.20. The third kappa shape index (κ3) is 2.15. The van der Waals surface area contributed by atoms with Crippen molar-refractivity contribution in [3.8, 4) is 0 Å². The van der Waals surface area contributed by atoms with Crippen LogP contribution in [0.5, 0.6) is 0 Å².